The van der Waals surface area contributed by atoms with Crippen LogP contribution in [-0.2, 0) is 10.3 Å². The van der Waals surface area contributed by atoms with Gasteiger partial charge in [0, 0.05) is 52.1 Å². The number of pyridine rings is 1. The molecule has 2 N–H and O–H groups in total. The van der Waals surface area contributed by atoms with Crippen LogP contribution in [0.3, 0.4) is 0 Å². The molecule has 0 radical (unpaired) electrons. The number of hydrogen-bond acceptors (Lipinski definition) is 6. The molecule has 1 aliphatic heterocycles. The number of carbonyl (C=O) groups excluding carboxylic acids is 1. The number of fused-ring (bicyclic) bond motifs is 1. The molecular formula is C24H20ClF3N4O4. The monoisotopic (exact) mass is 520 g/mol. The molecule has 7 rings (SSSR count). The molecule has 8 nitrogen and oxygen atoms in total. The third-order valence-corrected chi connectivity index (χ3v) is 7.31. The molecule has 2 bridgehead atoms. The Bertz CT molecular complexity index is 1320. The smallest absolute Gasteiger partial charge is 0.480 e. The maximum atomic E-state index is 12.9. The van der Waals surface area contributed by atoms with Crippen LogP contribution in [0.1, 0.15) is 37.4 Å². The Morgan fingerprint density at radius 2 is 1.97 bits per heavy atom. The van der Waals surface area contributed by atoms with Crippen molar-refractivity contribution in [2.75, 3.05) is 0 Å². The van der Waals surface area contributed by atoms with Crippen LogP contribution < -0.4 is 14.8 Å². The Morgan fingerprint density at radius 3 is 2.67 bits per heavy atom. The number of aliphatic hydroxyl groups is 1. The number of rotatable bonds is 5. The summed E-state index contributed by atoms with van der Waals surface area (Å²) >= 11 is 5.99. The van der Waals surface area contributed by atoms with Crippen molar-refractivity contribution >= 4 is 17.5 Å². The van der Waals surface area contributed by atoms with Gasteiger partial charge in [0.15, 0.2) is 6.10 Å². The zero-order chi connectivity index (χ0) is 25.3. The number of aromatic nitrogens is 3. The molecule has 3 aromatic rings. The lowest BCUT2D eigenvalue weighted by molar-refractivity contribution is -0.276. The van der Waals surface area contributed by atoms with Crippen LogP contribution in [0.4, 0.5) is 13.2 Å². The summed E-state index contributed by atoms with van der Waals surface area (Å²) in [5.41, 5.74) is 1.35. The number of halogens is 4. The van der Waals surface area contributed by atoms with E-state index in [1.807, 2.05) is 10.9 Å². The van der Waals surface area contributed by atoms with E-state index < -0.39 is 24.5 Å². The Labute approximate surface area is 208 Å². The molecule has 2 atom stereocenters. The van der Waals surface area contributed by atoms with E-state index in [9.17, 15) is 23.1 Å². The van der Waals surface area contributed by atoms with Gasteiger partial charge in [-0.05, 0) is 43.5 Å². The van der Waals surface area contributed by atoms with Crippen molar-refractivity contribution in [3.05, 3.63) is 59.5 Å². The minimum Gasteiger partial charge on any atom is -0.480 e. The molecule has 3 aliphatic carbocycles. The molecule has 4 aliphatic rings. The molecule has 188 valence electrons. The second-order valence-electron chi connectivity index (χ2n) is 9.67. The Hall–Kier alpha value is -3.31. The number of ether oxygens (including phenoxy) is 2. The second kappa shape index (κ2) is 7.84. The molecule has 0 spiro atoms. The van der Waals surface area contributed by atoms with Gasteiger partial charge in [-0.2, -0.15) is 5.10 Å². The highest BCUT2D eigenvalue weighted by Crippen LogP contribution is 2.65. The number of hydrogen-bond donors (Lipinski definition) is 2. The number of nitrogens with one attached hydrogen (secondary N) is 1. The van der Waals surface area contributed by atoms with Crippen LogP contribution >= 0.6 is 11.6 Å². The summed E-state index contributed by atoms with van der Waals surface area (Å²) in [6, 6.07) is 7.59. The zero-order valence-corrected chi connectivity index (χ0v) is 19.4. The van der Waals surface area contributed by atoms with Crippen molar-refractivity contribution in [2.24, 2.45) is 0 Å². The lowest BCUT2D eigenvalue weighted by Gasteiger charge is -2.70. The largest absolute Gasteiger partial charge is 0.574 e. The van der Waals surface area contributed by atoms with E-state index in [1.165, 1.54) is 12.3 Å². The molecule has 3 fully saturated rings. The average Bonchev–Trinajstić information content (AvgIpc) is 3.24. The molecule has 3 saturated carbocycles. The Balaban J connectivity index is 1.07. The summed E-state index contributed by atoms with van der Waals surface area (Å²) in [5.74, 6) is -0.349. The van der Waals surface area contributed by atoms with E-state index in [2.05, 4.69) is 20.1 Å². The van der Waals surface area contributed by atoms with Gasteiger partial charge in [0.25, 0.3) is 5.91 Å². The van der Waals surface area contributed by atoms with E-state index in [4.69, 9.17) is 16.3 Å². The van der Waals surface area contributed by atoms with Gasteiger partial charge in [-0.3, -0.25) is 9.48 Å². The predicted octanol–water partition coefficient (Wildman–Crippen LogP) is 4.13. The molecule has 1 amide bonds. The van der Waals surface area contributed by atoms with Crippen molar-refractivity contribution < 1.29 is 32.5 Å². The van der Waals surface area contributed by atoms with E-state index >= 15 is 0 Å². The van der Waals surface area contributed by atoms with Gasteiger partial charge >= 0.3 is 6.36 Å². The van der Waals surface area contributed by atoms with E-state index in [-0.39, 0.29) is 23.4 Å². The van der Waals surface area contributed by atoms with Crippen LogP contribution in [0.5, 0.6) is 11.6 Å². The second-order valence-corrected chi connectivity index (χ2v) is 10.1. The van der Waals surface area contributed by atoms with Crippen molar-refractivity contribution in [1.29, 1.82) is 0 Å². The quantitative estimate of drug-likeness (QED) is 0.525. The zero-order valence-electron chi connectivity index (χ0n) is 18.6. The summed E-state index contributed by atoms with van der Waals surface area (Å²) in [5, 5.41) is 18.5. The Morgan fingerprint density at radius 1 is 1.19 bits per heavy atom. The summed E-state index contributed by atoms with van der Waals surface area (Å²) in [6.45, 7) is 0. The molecular weight excluding hydrogens is 501 g/mol. The fourth-order valence-corrected chi connectivity index (χ4v) is 5.67. The fourth-order valence-electron chi connectivity index (χ4n) is 5.49. The van der Waals surface area contributed by atoms with E-state index in [0.29, 0.717) is 46.7 Å². The highest BCUT2D eigenvalue weighted by molar-refractivity contribution is 6.30. The number of amides is 1. The topological polar surface area (TPSA) is 98.5 Å². The van der Waals surface area contributed by atoms with Gasteiger partial charge < -0.3 is 19.9 Å². The number of aliphatic hydroxyl groups excluding tert-OH is 1. The average molecular weight is 521 g/mol. The summed E-state index contributed by atoms with van der Waals surface area (Å²) in [6.07, 6.45) is 0.571. The third kappa shape index (κ3) is 3.96. The highest BCUT2D eigenvalue weighted by Gasteiger charge is 2.70. The predicted molar refractivity (Wildman–Crippen MR) is 120 cm³/mol. The SMILES string of the molecule is O=C(NC12CC(n3cc(-c4ccc(OC(F)(F)F)nc4)cn3)(C1)C2)[C@H]1C[C@@H](O)c2cc(Cl)ccc2O1. The first kappa shape index (κ1) is 23.1. The lowest BCUT2D eigenvalue weighted by Crippen LogP contribution is -2.79. The number of alkyl halides is 3. The van der Waals surface area contributed by atoms with Gasteiger partial charge in [-0.15, -0.1) is 13.2 Å². The Kier molecular flexibility index (Phi) is 5.03. The molecule has 12 heteroatoms. The van der Waals surface area contributed by atoms with E-state index in [1.54, 1.807) is 24.4 Å². The summed E-state index contributed by atoms with van der Waals surface area (Å²) in [4.78, 5) is 16.6. The molecule has 0 saturated heterocycles. The van der Waals surface area contributed by atoms with Crippen molar-refractivity contribution in [3.8, 4) is 22.8 Å². The standard InChI is InChI=1S/C24H20ClF3N4O4/c25-15-2-3-18-16(5-15)17(33)6-19(35-18)21(34)31-22-10-23(11-22,12-22)32-9-14(8-30-32)13-1-4-20(29-7-13)36-24(26,27)28/h1-5,7-9,17,19,33H,6,10-12H2,(H,31,34)/t17-,19-,22?,23?/m1/s1. The van der Waals surface area contributed by atoms with Crippen LogP contribution in [0.15, 0.2) is 48.9 Å². The molecule has 1 aromatic carbocycles. The maximum absolute atomic E-state index is 12.9. The number of benzene rings is 1. The van der Waals surface area contributed by atoms with Gasteiger partial charge in [0.05, 0.1) is 17.8 Å². The van der Waals surface area contributed by atoms with Gasteiger partial charge in [-0.1, -0.05) is 11.6 Å². The van der Waals surface area contributed by atoms with E-state index in [0.717, 1.165) is 6.07 Å². The highest BCUT2D eigenvalue weighted by atomic mass is 35.5. The molecule has 0 unspecified atom stereocenters. The third-order valence-electron chi connectivity index (χ3n) is 7.08. The first-order valence-electron chi connectivity index (χ1n) is 11.3. The normalized spacial score (nSPS) is 28.2. The van der Waals surface area contributed by atoms with Gasteiger partial charge in [-0.25, -0.2) is 4.98 Å². The molecule has 3 heterocycles. The number of carbonyl (C=O) groups is 1. The van der Waals surface area contributed by atoms with Crippen molar-refractivity contribution in [2.45, 2.75) is 55.3 Å². The number of nitrogens with zero attached hydrogens (tertiary/aromatic N) is 3. The van der Waals surface area contributed by atoms with Crippen molar-refractivity contribution in [1.82, 2.24) is 20.1 Å². The van der Waals surface area contributed by atoms with Crippen LogP contribution in [0, 0.1) is 0 Å². The van der Waals surface area contributed by atoms with Crippen LogP contribution in [0.2, 0.25) is 5.02 Å². The minimum absolute atomic E-state index is 0.143. The fraction of sp³-hybridized carbons (Fsp3) is 0.375. The first-order chi connectivity index (χ1) is 17.0. The van der Waals surface area contributed by atoms with Gasteiger partial charge in [0.2, 0.25) is 5.88 Å². The molecule has 36 heavy (non-hydrogen) atoms. The van der Waals surface area contributed by atoms with Crippen molar-refractivity contribution in [3.63, 3.8) is 0 Å². The minimum atomic E-state index is -4.80. The first-order valence-corrected chi connectivity index (χ1v) is 11.6. The summed E-state index contributed by atoms with van der Waals surface area (Å²) in [7, 11) is 0. The molecule has 2 aromatic heterocycles. The van der Waals surface area contributed by atoms with Crippen LogP contribution in [0.25, 0.3) is 11.1 Å². The van der Waals surface area contributed by atoms with Crippen LogP contribution in [-0.4, -0.2) is 43.8 Å². The summed E-state index contributed by atoms with van der Waals surface area (Å²) < 4.78 is 48.5. The maximum Gasteiger partial charge on any atom is 0.574 e. The van der Waals surface area contributed by atoms with Gasteiger partial charge in [0.1, 0.15) is 5.75 Å². The lowest BCUT2D eigenvalue weighted by atomic mass is 9.44.